The van der Waals surface area contributed by atoms with Gasteiger partial charge in [0.05, 0.1) is 12.2 Å². The summed E-state index contributed by atoms with van der Waals surface area (Å²) >= 11 is 0. The quantitative estimate of drug-likeness (QED) is 0.745. The van der Waals surface area contributed by atoms with Gasteiger partial charge in [0.25, 0.3) is 0 Å². The predicted molar refractivity (Wildman–Crippen MR) is 79.7 cm³/mol. The van der Waals surface area contributed by atoms with E-state index in [1.165, 1.54) is 11.1 Å². The second kappa shape index (κ2) is 6.92. The molecule has 19 heavy (non-hydrogen) atoms. The predicted octanol–water partition coefficient (Wildman–Crippen LogP) is 2.87. The standard InChI is InChI=1S/C16H27NO2/c1-5-16(18,11-17)9-6-10-19-15-13(3)8-7-12(2)14(15)4/h7-8,18H,5-6,9-11,17H2,1-4H3. The highest BCUT2D eigenvalue weighted by molar-refractivity contribution is 5.44. The Labute approximate surface area is 116 Å². The van der Waals surface area contributed by atoms with Gasteiger partial charge >= 0.3 is 0 Å². The number of aliphatic hydroxyl groups is 1. The molecule has 1 aromatic carbocycles. The molecule has 0 heterocycles. The van der Waals surface area contributed by atoms with Gasteiger partial charge in [0.2, 0.25) is 0 Å². The summed E-state index contributed by atoms with van der Waals surface area (Å²) < 4.78 is 5.88. The van der Waals surface area contributed by atoms with E-state index in [9.17, 15) is 5.11 Å². The molecule has 108 valence electrons. The van der Waals surface area contributed by atoms with Gasteiger partial charge in [-0.1, -0.05) is 19.1 Å². The van der Waals surface area contributed by atoms with Crippen molar-refractivity contribution in [2.75, 3.05) is 13.2 Å². The molecule has 1 atom stereocenters. The number of hydrogen-bond acceptors (Lipinski definition) is 3. The van der Waals surface area contributed by atoms with E-state index in [0.717, 1.165) is 17.7 Å². The molecule has 3 heteroatoms. The van der Waals surface area contributed by atoms with Crippen LogP contribution in [0.15, 0.2) is 12.1 Å². The van der Waals surface area contributed by atoms with Crippen LogP contribution in [0.2, 0.25) is 0 Å². The Morgan fingerprint density at radius 3 is 2.42 bits per heavy atom. The molecular formula is C16H27NO2. The van der Waals surface area contributed by atoms with Crippen LogP contribution < -0.4 is 10.5 Å². The van der Waals surface area contributed by atoms with Crippen molar-refractivity contribution in [3.05, 3.63) is 28.8 Å². The number of aryl methyl sites for hydroxylation is 2. The van der Waals surface area contributed by atoms with Crippen LogP contribution in [0.3, 0.4) is 0 Å². The normalized spacial score (nSPS) is 14.2. The molecule has 1 rings (SSSR count). The van der Waals surface area contributed by atoms with E-state index < -0.39 is 5.60 Å². The minimum absolute atomic E-state index is 0.312. The first-order valence-electron chi connectivity index (χ1n) is 7.05. The summed E-state index contributed by atoms with van der Waals surface area (Å²) in [6.07, 6.45) is 2.18. The minimum Gasteiger partial charge on any atom is -0.493 e. The summed E-state index contributed by atoms with van der Waals surface area (Å²) in [5, 5.41) is 10.1. The van der Waals surface area contributed by atoms with E-state index in [-0.39, 0.29) is 0 Å². The van der Waals surface area contributed by atoms with Gasteiger partial charge in [0, 0.05) is 6.54 Å². The Kier molecular flexibility index (Phi) is 5.83. The lowest BCUT2D eigenvalue weighted by Crippen LogP contribution is -2.37. The van der Waals surface area contributed by atoms with Crippen molar-refractivity contribution in [1.29, 1.82) is 0 Å². The summed E-state index contributed by atoms with van der Waals surface area (Å²) in [6.45, 7) is 9.12. The molecular weight excluding hydrogens is 238 g/mol. The number of hydrogen-bond donors (Lipinski definition) is 2. The molecule has 3 nitrogen and oxygen atoms in total. The number of benzene rings is 1. The molecule has 0 spiro atoms. The van der Waals surface area contributed by atoms with Crippen molar-refractivity contribution in [1.82, 2.24) is 0 Å². The van der Waals surface area contributed by atoms with Crippen LogP contribution in [0.5, 0.6) is 5.75 Å². The lowest BCUT2D eigenvalue weighted by molar-refractivity contribution is 0.0308. The van der Waals surface area contributed by atoms with Crippen molar-refractivity contribution in [3.63, 3.8) is 0 Å². The molecule has 1 unspecified atom stereocenters. The molecule has 0 saturated heterocycles. The molecule has 0 bridgehead atoms. The Morgan fingerprint density at radius 1 is 1.21 bits per heavy atom. The minimum atomic E-state index is -0.736. The maximum absolute atomic E-state index is 10.1. The Hall–Kier alpha value is -1.06. The zero-order chi connectivity index (χ0) is 14.5. The fourth-order valence-electron chi connectivity index (χ4n) is 2.15. The monoisotopic (exact) mass is 265 g/mol. The molecule has 0 aromatic heterocycles. The highest BCUT2D eigenvalue weighted by Gasteiger charge is 2.21. The lowest BCUT2D eigenvalue weighted by Gasteiger charge is -2.24. The molecule has 0 fully saturated rings. The maximum Gasteiger partial charge on any atom is 0.125 e. The van der Waals surface area contributed by atoms with Gasteiger partial charge in [-0.3, -0.25) is 0 Å². The average Bonchev–Trinajstić information content (AvgIpc) is 2.42. The van der Waals surface area contributed by atoms with E-state index in [4.69, 9.17) is 10.5 Å². The van der Waals surface area contributed by atoms with Gasteiger partial charge < -0.3 is 15.6 Å². The van der Waals surface area contributed by atoms with Gasteiger partial charge in [-0.2, -0.15) is 0 Å². The molecule has 0 aliphatic rings. The first kappa shape index (κ1) is 16.0. The smallest absolute Gasteiger partial charge is 0.125 e. The van der Waals surface area contributed by atoms with Gasteiger partial charge in [-0.15, -0.1) is 0 Å². The fourth-order valence-corrected chi connectivity index (χ4v) is 2.15. The van der Waals surface area contributed by atoms with Gasteiger partial charge in [-0.25, -0.2) is 0 Å². The van der Waals surface area contributed by atoms with Gasteiger partial charge in [-0.05, 0) is 56.7 Å². The van der Waals surface area contributed by atoms with Crippen LogP contribution in [0, 0.1) is 20.8 Å². The largest absolute Gasteiger partial charge is 0.493 e. The Bertz CT molecular complexity index is 411. The van der Waals surface area contributed by atoms with Crippen LogP contribution in [-0.2, 0) is 0 Å². The third-order valence-electron chi connectivity index (χ3n) is 3.94. The van der Waals surface area contributed by atoms with Gasteiger partial charge in [0.15, 0.2) is 0 Å². The number of ether oxygens (including phenoxy) is 1. The van der Waals surface area contributed by atoms with Crippen LogP contribution >= 0.6 is 0 Å². The molecule has 0 amide bonds. The maximum atomic E-state index is 10.1. The van der Waals surface area contributed by atoms with Crippen LogP contribution in [0.1, 0.15) is 42.9 Å². The van der Waals surface area contributed by atoms with Crippen LogP contribution in [-0.4, -0.2) is 23.9 Å². The molecule has 3 N–H and O–H groups in total. The third kappa shape index (κ3) is 4.22. The van der Waals surface area contributed by atoms with Crippen molar-refractivity contribution in [2.24, 2.45) is 5.73 Å². The van der Waals surface area contributed by atoms with E-state index in [1.807, 2.05) is 6.92 Å². The molecule has 0 aliphatic heterocycles. The summed E-state index contributed by atoms with van der Waals surface area (Å²) in [4.78, 5) is 0. The molecule has 0 aliphatic carbocycles. The SMILES string of the molecule is CCC(O)(CN)CCCOc1c(C)ccc(C)c1C. The topological polar surface area (TPSA) is 55.5 Å². The first-order chi connectivity index (χ1) is 8.93. The molecule has 0 radical (unpaired) electrons. The first-order valence-corrected chi connectivity index (χ1v) is 7.05. The second-order valence-electron chi connectivity index (χ2n) is 5.39. The second-order valence-corrected chi connectivity index (χ2v) is 5.39. The van der Waals surface area contributed by atoms with Gasteiger partial charge in [0.1, 0.15) is 5.75 Å². The van der Waals surface area contributed by atoms with E-state index in [0.29, 0.717) is 26.0 Å². The van der Waals surface area contributed by atoms with Crippen LogP contribution in [0.4, 0.5) is 0 Å². The lowest BCUT2D eigenvalue weighted by atomic mass is 9.95. The Morgan fingerprint density at radius 2 is 1.84 bits per heavy atom. The van der Waals surface area contributed by atoms with Crippen molar-refractivity contribution < 1.29 is 9.84 Å². The van der Waals surface area contributed by atoms with Crippen molar-refractivity contribution in [2.45, 2.75) is 52.6 Å². The highest BCUT2D eigenvalue weighted by Crippen LogP contribution is 2.26. The van der Waals surface area contributed by atoms with Crippen molar-refractivity contribution >= 4 is 0 Å². The zero-order valence-corrected chi connectivity index (χ0v) is 12.6. The van der Waals surface area contributed by atoms with E-state index >= 15 is 0 Å². The number of nitrogens with two attached hydrogens (primary N) is 1. The van der Waals surface area contributed by atoms with E-state index in [1.54, 1.807) is 0 Å². The summed E-state index contributed by atoms with van der Waals surface area (Å²) in [5.41, 5.74) is 8.45. The van der Waals surface area contributed by atoms with E-state index in [2.05, 4.69) is 32.9 Å². The summed E-state index contributed by atoms with van der Waals surface area (Å²) in [7, 11) is 0. The summed E-state index contributed by atoms with van der Waals surface area (Å²) in [5.74, 6) is 0.979. The zero-order valence-electron chi connectivity index (χ0n) is 12.6. The van der Waals surface area contributed by atoms with Crippen LogP contribution in [0.25, 0.3) is 0 Å². The fraction of sp³-hybridized carbons (Fsp3) is 0.625. The highest BCUT2D eigenvalue weighted by atomic mass is 16.5. The van der Waals surface area contributed by atoms with Crippen molar-refractivity contribution in [3.8, 4) is 5.75 Å². The third-order valence-corrected chi connectivity index (χ3v) is 3.94. The Balaban J connectivity index is 2.53. The molecule has 0 saturated carbocycles. The number of rotatable bonds is 7. The summed E-state index contributed by atoms with van der Waals surface area (Å²) in [6, 6.07) is 4.20. The average molecular weight is 265 g/mol. The molecule has 1 aromatic rings.